The zero-order valence-electron chi connectivity index (χ0n) is 13.6. The molecule has 0 aromatic heterocycles. The molecule has 6 nitrogen and oxygen atoms in total. The third-order valence-corrected chi connectivity index (χ3v) is 3.74. The minimum absolute atomic E-state index is 0.00811. The predicted octanol–water partition coefficient (Wildman–Crippen LogP) is 2.76. The van der Waals surface area contributed by atoms with Gasteiger partial charge < -0.3 is 21.1 Å². The number of ether oxygens (including phenoxy) is 1. The minimum Gasteiger partial charge on any atom is -0.404 e. The first kappa shape index (κ1) is 18.9. The van der Waals surface area contributed by atoms with Gasteiger partial charge in [0.05, 0.1) is 5.69 Å². The molecule has 4 N–H and O–H groups in total. The molecule has 2 rings (SSSR count). The number of carbonyl (C=O) groups is 1. The number of nitrogens with two attached hydrogens (primary N) is 1. The van der Waals surface area contributed by atoms with Crippen molar-refractivity contribution < 1.29 is 22.7 Å². The molecule has 1 aliphatic rings. The number of para-hydroxylation sites is 2. The van der Waals surface area contributed by atoms with E-state index in [-0.39, 0.29) is 30.1 Å². The van der Waals surface area contributed by atoms with Gasteiger partial charge in [0.25, 0.3) is 0 Å². The average molecular weight is 358 g/mol. The molecule has 25 heavy (non-hydrogen) atoms. The van der Waals surface area contributed by atoms with Crippen molar-refractivity contribution in [3.63, 3.8) is 0 Å². The quantitative estimate of drug-likeness (QED) is 0.558. The van der Waals surface area contributed by atoms with Crippen molar-refractivity contribution in [1.29, 1.82) is 0 Å². The second-order valence-corrected chi connectivity index (χ2v) is 5.77. The molecule has 138 valence electrons. The Hall–Kier alpha value is -2.45. The first-order valence-corrected chi connectivity index (χ1v) is 8.04. The Morgan fingerprint density at radius 1 is 1.24 bits per heavy atom. The highest BCUT2D eigenvalue weighted by atomic mass is 19.4. The van der Waals surface area contributed by atoms with E-state index in [0.717, 1.165) is 31.7 Å². The summed E-state index contributed by atoms with van der Waals surface area (Å²) in [6, 6.07) is 5.60. The number of hydrogen-bond acceptors (Lipinski definition) is 3. The molecule has 0 aliphatic heterocycles. The zero-order chi connectivity index (χ0) is 18.3. The molecule has 0 unspecified atom stereocenters. The third kappa shape index (κ3) is 6.90. The van der Waals surface area contributed by atoms with Gasteiger partial charge in [0, 0.05) is 6.04 Å². The highest BCUT2D eigenvalue weighted by molar-refractivity contribution is 5.95. The van der Waals surface area contributed by atoms with Gasteiger partial charge in [-0.2, -0.15) is 0 Å². The third-order valence-electron chi connectivity index (χ3n) is 3.74. The van der Waals surface area contributed by atoms with Crippen LogP contribution in [0, 0.1) is 0 Å². The first-order valence-electron chi connectivity index (χ1n) is 8.04. The topological polar surface area (TPSA) is 88.7 Å². The van der Waals surface area contributed by atoms with E-state index >= 15 is 0 Å². The van der Waals surface area contributed by atoms with Gasteiger partial charge in [-0.15, -0.1) is 13.2 Å². The van der Waals surface area contributed by atoms with Gasteiger partial charge >= 0.3 is 6.36 Å². The molecule has 1 amide bonds. The van der Waals surface area contributed by atoms with E-state index in [0.29, 0.717) is 0 Å². The van der Waals surface area contributed by atoms with Gasteiger partial charge in [0.2, 0.25) is 5.91 Å². The summed E-state index contributed by atoms with van der Waals surface area (Å²) in [6.45, 7) is -0.197. The molecule has 9 heteroatoms. The Balaban J connectivity index is 1.89. The summed E-state index contributed by atoms with van der Waals surface area (Å²) in [5, 5.41) is 5.39. The molecule has 1 aromatic rings. The number of benzene rings is 1. The maximum Gasteiger partial charge on any atom is 0.573 e. The van der Waals surface area contributed by atoms with E-state index in [9.17, 15) is 18.0 Å². The van der Waals surface area contributed by atoms with E-state index in [2.05, 4.69) is 20.4 Å². The number of amides is 1. The van der Waals surface area contributed by atoms with Crippen LogP contribution in [0.4, 0.5) is 18.9 Å². The Bertz CT molecular complexity index is 614. The van der Waals surface area contributed by atoms with Crippen LogP contribution in [-0.2, 0) is 4.79 Å². The van der Waals surface area contributed by atoms with Crippen molar-refractivity contribution in [2.75, 3.05) is 11.9 Å². The number of hydrogen-bond donors (Lipinski definition) is 3. The fourth-order valence-electron chi connectivity index (χ4n) is 2.64. The summed E-state index contributed by atoms with van der Waals surface area (Å²) in [7, 11) is 0. The van der Waals surface area contributed by atoms with Crippen LogP contribution in [-0.4, -0.2) is 30.8 Å². The molecule has 1 aliphatic carbocycles. The molecule has 1 aromatic carbocycles. The lowest BCUT2D eigenvalue weighted by Gasteiger charge is -2.22. The summed E-state index contributed by atoms with van der Waals surface area (Å²) in [5.74, 6) is -0.867. The normalized spacial score (nSPS) is 16.4. The zero-order valence-corrected chi connectivity index (χ0v) is 13.6. The van der Waals surface area contributed by atoms with Gasteiger partial charge in [-0.1, -0.05) is 31.4 Å². The van der Waals surface area contributed by atoms with Crippen LogP contribution in [0.3, 0.4) is 0 Å². The number of nitrogens with zero attached hydrogens (tertiary/aromatic N) is 1. The molecule has 0 saturated heterocycles. The largest absolute Gasteiger partial charge is 0.573 e. The molecular formula is C16H21F3N4O2. The van der Waals surface area contributed by atoms with Crippen LogP contribution in [0.15, 0.2) is 29.3 Å². The highest BCUT2D eigenvalue weighted by Crippen LogP contribution is 2.29. The highest BCUT2D eigenvalue weighted by Gasteiger charge is 2.32. The Morgan fingerprint density at radius 3 is 2.60 bits per heavy atom. The van der Waals surface area contributed by atoms with E-state index in [4.69, 9.17) is 5.73 Å². The van der Waals surface area contributed by atoms with E-state index in [1.807, 2.05) is 0 Å². The minimum atomic E-state index is -4.82. The number of anilines is 1. The van der Waals surface area contributed by atoms with Gasteiger partial charge in [-0.05, 0) is 25.0 Å². The van der Waals surface area contributed by atoms with Crippen LogP contribution in [0.5, 0.6) is 5.75 Å². The molecule has 0 bridgehead atoms. The number of halogens is 3. The second-order valence-electron chi connectivity index (χ2n) is 5.77. The summed E-state index contributed by atoms with van der Waals surface area (Å²) < 4.78 is 41.0. The predicted molar refractivity (Wildman–Crippen MR) is 88.3 cm³/mol. The summed E-state index contributed by atoms with van der Waals surface area (Å²) in [5.41, 5.74) is 5.65. The van der Waals surface area contributed by atoms with Gasteiger partial charge in [-0.3, -0.25) is 4.79 Å². The molecule has 1 saturated carbocycles. The lowest BCUT2D eigenvalue weighted by atomic mass is 9.95. The van der Waals surface area contributed by atoms with Gasteiger partial charge in [-0.25, -0.2) is 4.99 Å². The molecule has 0 atom stereocenters. The smallest absolute Gasteiger partial charge is 0.404 e. The van der Waals surface area contributed by atoms with Gasteiger partial charge in [0.1, 0.15) is 6.54 Å². The Labute approximate surface area is 143 Å². The number of aliphatic imine (C=N–C) groups is 1. The van der Waals surface area contributed by atoms with Gasteiger partial charge in [0.15, 0.2) is 11.7 Å². The molecule has 0 heterocycles. The number of carbonyl (C=O) groups excluding carboxylic acids is 1. The van der Waals surface area contributed by atoms with Crippen LogP contribution < -0.4 is 21.1 Å². The van der Waals surface area contributed by atoms with Crippen molar-refractivity contribution in [3.8, 4) is 5.75 Å². The Kier molecular flexibility index (Phi) is 6.49. The molecule has 0 spiro atoms. The Morgan fingerprint density at radius 2 is 1.92 bits per heavy atom. The lowest BCUT2D eigenvalue weighted by molar-refractivity contribution is -0.274. The maximum absolute atomic E-state index is 12.4. The summed E-state index contributed by atoms with van der Waals surface area (Å²) in [4.78, 5) is 15.7. The van der Waals surface area contributed by atoms with Crippen molar-refractivity contribution in [2.24, 2.45) is 10.7 Å². The monoisotopic (exact) mass is 358 g/mol. The first-order chi connectivity index (χ1) is 11.8. The van der Waals surface area contributed by atoms with Crippen molar-refractivity contribution in [3.05, 3.63) is 24.3 Å². The molecule has 1 fully saturated rings. The summed E-state index contributed by atoms with van der Waals surface area (Å²) in [6.07, 6.45) is 0.447. The second kappa shape index (κ2) is 8.59. The van der Waals surface area contributed by atoms with Crippen molar-refractivity contribution >= 4 is 17.6 Å². The van der Waals surface area contributed by atoms with Crippen molar-refractivity contribution in [2.45, 2.75) is 44.5 Å². The number of guanidine groups is 1. The fourth-order valence-corrected chi connectivity index (χ4v) is 2.64. The number of alkyl halides is 3. The molecular weight excluding hydrogens is 337 g/mol. The maximum atomic E-state index is 12.4. The standard InChI is InChI=1S/C16H21F3N4O2/c17-16(18,19)25-13-9-5-4-8-12(13)23-15(20)21-10-14(24)22-11-6-2-1-3-7-11/h4-5,8-9,11H,1-3,6-7,10H2,(H,22,24)(H3,20,21,23). The van der Waals surface area contributed by atoms with Crippen molar-refractivity contribution in [1.82, 2.24) is 5.32 Å². The fraction of sp³-hybridized carbons (Fsp3) is 0.500. The van der Waals surface area contributed by atoms with Crippen LogP contribution in [0.1, 0.15) is 32.1 Å². The number of rotatable bonds is 5. The van der Waals surface area contributed by atoms with Crippen LogP contribution in [0.2, 0.25) is 0 Å². The summed E-state index contributed by atoms with van der Waals surface area (Å²) >= 11 is 0. The van der Waals surface area contributed by atoms with Crippen LogP contribution in [0.25, 0.3) is 0 Å². The number of nitrogens with one attached hydrogen (secondary N) is 2. The lowest BCUT2D eigenvalue weighted by Crippen LogP contribution is -2.38. The van der Waals surface area contributed by atoms with E-state index in [1.54, 1.807) is 0 Å². The van der Waals surface area contributed by atoms with Crippen LogP contribution >= 0.6 is 0 Å². The SMILES string of the molecule is NC(=NCC(=O)NC1CCCCC1)Nc1ccccc1OC(F)(F)F. The van der Waals surface area contributed by atoms with E-state index < -0.39 is 12.1 Å². The van der Waals surface area contributed by atoms with E-state index in [1.165, 1.54) is 24.6 Å². The average Bonchev–Trinajstić information content (AvgIpc) is 2.54. The molecule has 0 radical (unpaired) electrons.